The quantitative estimate of drug-likeness (QED) is 0.678. The molecule has 2 heterocycles. The van der Waals surface area contributed by atoms with Gasteiger partial charge in [-0.2, -0.15) is 0 Å². The summed E-state index contributed by atoms with van der Waals surface area (Å²) in [5, 5.41) is 12.0. The smallest absolute Gasteiger partial charge is 0.255 e. The van der Waals surface area contributed by atoms with Crippen molar-refractivity contribution < 1.29 is 28.8 Å². The first-order valence-electron chi connectivity index (χ1n) is 9.78. The third-order valence-corrected chi connectivity index (χ3v) is 5.36. The minimum atomic E-state index is -0.193. The van der Waals surface area contributed by atoms with Gasteiger partial charge in [-0.05, 0) is 31.5 Å². The van der Waals surface area contributed by atoms with Crippen LogP contribution in [0.3, 0.4) is 0 Å². The van der Waals surface area contributed by atoms with Crippen molar-refractivity contribution in [1.82, 2.24) is 10.2 Å². The predicted octanol–water partition coefficient (Wildman–Crippen LogP) is 0.916. The molecule has 0 radical (unpaired) electrons. The molecule has 1 unspecified atom stereocenters. The number of amides is 1. The third kappa shape index (κ3) is 4.68. The summed E-state index contributed by atoms with van der Waals surface area (Å²) in [4.78, 5) is 15.1. The summed E-state index contributed by atoms with van der Waals surface area (Å²) in [7, 11) is 3.27. The maximum atomic E-state index is 12.8. The molecule has 2 aliphatic heterocycles. The maximum Gasteiger partial charge on any atom is 0.255 e. The molecule has 1 saturated heterocycles. The van der Waals surface area contributed by atoms with Crippen molar-refractivity contribution in [2.24, 2.45) is 5.92 Å². The molecule has 1 amide bonds. The molecular formula is C20H30N2O6. The summed E-state index contributed by atoms with van der Waals surface area (Å²) < 4.78 is 22.3. The number of nitrogens with zero attached hydrogens (tertiary/aromatic N) is 1. The number of piperidine rings is 1. The Kier molecular flexibility index (Phi) is 7.36. The van der Waals surface area contributed by atoms with Crippen LogP contribution in [-0.2, 0) is 4.74 Å². The lowest BCUT2D eigenvalue weighted by atomic mass is 9.93. The number of carbonyl (C=O) groups is 1. The Hall–Kier alpha value is -2.03. The van der Waals surface area contributed by atoms with E-state index in [-0.39, 0.29) is 24.5 Å². The van der Waals surface area contributed by atoms with Crippen molar-refractivity contribution in [1.29, 1.82) is 0 Å². The zero-order valence-electron chi connectivity index (χ0n) is 16.6. The van der Waals surface area contributed by atoms with Gasteiger partial charge in [-0.1, -0.05) is 0 Å². The number of benzene rings is 1. The fourth-order valence-electron chi connectivity index (χ4n) is 3.80. The van der Waals surface area contributed by atoms with E-state index in [1.165, 1.54) is 0 Å². The van der Waals surface area contributed by atoms with Gasteiger partial charge in [0.1, 0.15) is 13.2 Å². The minimum Gasteiger partial charge on any atom is -0.493 e. The molecule has 1 aromatic rings. The Bertz CT molecular complexity index is 668. The predicted molar refractivity (Wildman–Crippen MR) is 103 cm³/mol. The molecule has 1 fully saturated rings. The van der Waals surface area contributed by atoms with E-state index in [0.29, 0.717) is 42.6 Å². The molecule has 0 bridgehead atoms. The van der Waals surface area contributed by atoms with Gasteiger partial charge in [0.2, 0.25) is 5.75 Å². The molecular weight excluding hydrogens is 364 g/mol. The van der Waals surface area contributed by atoms with E-state index in [4.69, 9.17) is 24.1 Å². The molecule has 0 spiro atoms. The number of likely N-dealkylation sites (tertiary alicyclic amines) is 1. The van der Waals surface area contributed by atoms with Crippen LogP contribution >= 0.6 is 0 Å². The summed E-state index contributed by atoms with van der Waals surface area (Å²) in [6.45, 7) is 4.18. The van der Waals surface area contributed by atoms with Crippen LogP contribution < -0.4 is 19.5 Å². The lowest BCUT2D eigenvalue weighted by molar-refractivity contribution is -0.0116. The SMILES string of the molecule is COc1ccc(C(=O)NC[C@@H]2CCN(CCCO)CC2OC)c2c1OCCO2. The van der Waals surface area contributed by atoms with Crippen LogP contribution in [0.1, 0.15) is 23.2 Å². The van der Waals surface area contributed by atoms with E-state index in [2.05, 4.69) is 10.2 Å². The zero-order valence-corrected chi connectivity index (χ0v) is 16.6. The molecule has 3 rings (SSSR count). The molecule has 28 heavy (non-hydrogen) atoms. The number of aliphatic hydroxyl groups excluding tert-OH is 1. The molecule has 8 nitrogen and oxygen atoms in total. The Labute approximate surface area is 165 Å². The highest BCUT2D eigenvalue weighted by molar-refractivity contribution is 5.98. The average Bonchev–Trinajstić information content (AvgIpc) is 2.75. The third-order valence-electron chi connectivity index (χ3n) is 5.36. The van der Waals surface area contributed by atoms with Crippen molar-refractivity contribution in [3.63, 3.8) is 0 Å². The monoisotopic (exact) mass is 394 g/mol. The topological polar surface area (TPSA) is 89.5 Å². The summed E-state index contributed by atoms with van der Waals surface area (Å²) >= 11 is 0. The van der Waals surface area contributed by atoms with Gasteiger partial charge in [-0.3, -0.25) is 4.79 Å². The van der Waals surface area contributed by atoms with Crippen molar-refractivity contribution >= 4 is 5.91 Å². The summed E-state index contributed by atoms with van der Waals surface area (Å²) in [6.07, 6.45) is 1.75. The summed E-state index contributed by atoms with van der Waals surface area (Å²) in [5.74, 6) is 1.52. The van der Waals surface area contributed by atoms with Crippen molar-refractivity contribution in [3.05, 3.63) is 17.7 Å². The Balaban J connectivity index is 1.61. The largest absolute Gasteiger partial charge is 0.493 e. The van der Waals surface area contributed by atoms with Crippen LogP contribution in [0, 0.1) is 5.92 Å². The Morgan fingerprint density at radius 3 is 2.79 bits per heavy atom. The van der Waals surface area contributed by atoms with Crippen molar-refractivity contribution in [3.8, 4) is 17.2 Å². The van der Waals surface area contributed by atoms with Gasteiger partial charge in [0, 0.05) is 39.3 Å². The summed E-state index contributed by atoms with van der Waals surface area (Å²) in [6, 6.07) is 3.42. The molecule has 2 atom stereocenters. The Morgan fingerprint density at radius 1 is 1.29 bits per heavy atom. The number of methoxy groups -OCH3 is 2. The van der Waals surface area contributed by atoms with Crippen LogP contribution in [0.15, 0.2) is 12.1 Å². The normalized spacial score (nSPS) is 22.0. The van der Waals surface area contributed by atoms with Crippen molar-refractivity contribution in [2.75, 3.05) is 60.2 Å². The highest BCUT2D eigenvalue weighted by Gasteiger charge is 2.30. The number of ether oxygens (including phenoxy) is 4. The van der Waals surface area contributed by atoms with Gasteiger partial charge in [0.05, 0.1) is 18.8 Å². The number of fused-ring (bicyclic) bond motifs is 1. The molecule has 0 aliphatic carbocycles. The van der Waals surface area contributed by atoms with Gasteiger partial charge in [-0.15, -0.1) is 0 Å². The first-order valence-corrected chi connectivity index (χ1v) is 9.78. The number of rotatable bonds is 8. The lowest BCUT2D eigenvalue weighted by Crippen LogP contribution is -2.48. The van der Waals surface area contributed by atoms with Gasteiger partial charge in [0.15, 0.2) is 11.5 Å². The van der Waals surface area contributed by atoms with E-state index in [9.17, 15) is 4.79 Å². The first-order chi connectivity index (χ1) is 13.7. The van der Waals surface area contributed by atoms with Crippen LogP contribution in [0.4, 0.5) is 0 Å². The maximum absolute atomic E-state index is 12.8. The number of aliphatic hydroxyl groups is 1. The second-order valence-corrected chi connectivity index (χ2v) is 7.08. The number of hydrogen-bond acceptors (Lipinski definition) is 7. The molecule has 2 N–H and O–H groups in total. The van der Waals surface area contributed by atoms with E-state index in [0.717, 1.165) is 32.5 Å². The summed E-state index contributed by atoms with van der Waals surface area (Å²) in [5.41, 5.74) is 0.449. The zero-order chi connectivity index (χ0) is 19.9. The van der Waals surface area contributed by atoms with Crippen LogP contribution in [0.5, 0.6) is 17.2 Å². The van der Waals surface area contributed by atoms with Crippen LogP contribution in [0.25, 0.3) is 0 Å². The van der Waals surface area contributed by atoms with Crippen molar-refractivity contribution in [2.45, 2.75) is 18.9 Å². The lowest BCUT2D eigenvalue weighted by Gasteiger charge is -2.37. The van der Waals surface area contributed by atoms with Gasteiger partial charge < -0.3 is 34.3 Å². The number of nitrogens with one attached hydrogen (secondary N) is 1. The standard InChI is InChI=1S/C20H30N2O6/c1-25-16-5-4-15(18-19(16)28-11-10-27-18)20(24)21-12-14-6-8-22(7-3-9-23)13-17(14)26-2/h4-5,14,17,23H,3,6-13H2,1-2H3,(H,21,24)/t14-,17?/m0/s1. The number of carbonyl (C=O) groups excluding carboxylic acids is 1. The van der Waals surface area contributed by atoms with Gasteiger partial charge >= 0.3 is 0 Å². The second kappa shape index (κ2) is 9.95. The van der Waals surface area contributed by atoms with Crippen LogP contribution in [0.2, 0.25) is 0 Å². The highest BCUT2D eigenvalue weighted by atomic mass is 16.6. The van der Waals surface area contributed by atoms with E-state index in [1.54, 1.807) is 26.4 Å². The molecule has 1 aromatic carbocycles. The first kappa shape index (κ1) is 20.7. The average molecular weight is 394 g/mol. The van der Waals surface area contributed by atoms with Gasteiger partial charge in [0.25, 0.3) is 5.91 Å². The molecule has 8 heteroatoms. The highest BCUT2D eigenvalue weighted by Crippen LogP contribution is 2.41. The Morgan fingerprint density at radius 2 is 2.07 bits per heavy atom. The van der Waals surface area contributed by atoms with E-state index >= 15 is 0 Å². The molecule has 156 valence electrons. The minimum absolute atomic E-state index is 0.0529. The fraction of sp³-hybridized carbons (Fsp3) is 0.650. The molecule has 0 aromatic heterocycles. The van der Waals surface area contributed by atoms with E-state index in [1.807, 2.05) is 0 Å². The second-order valence-electron chi connectivity index (χ2n) is 7.08. The van der Waals surface area contributed by atoms with Gasteiger partial charge in [-0.25, -0.2) is 0 Å². The van der Waals surface area contributed by atoms with E-state index < -0.39 is 0 Å². The molecule has 0 saturated carbocycles. The van der Waals surface area contributed by atoms with Crippen LogP contribution in [-0.4, -0.2) is 82.2 Å². The number of hydrogen-bond donors (Lipinski definition) is 2. The molecule has 2 aliphatic rings. The fourth-order valence-corrected chi connectivity index (χ4v) is 3.80.